The summed E-state index contributed by atoms with van der Waals surface area (Å²) in [5.74, 6) is 0.922. The van der Waals surface area contributed by atoms with E-state index in [2.05, 4.69) is 10.2 Å². The SMILES string of the molecule is COc1cc(OC)cc(C(=O)NCCC(=O)N2CCN(C)CC2)c1. The van der Waals surface area contributed by atoms with Crippen molar-refractivity contribution in [3.63, 3.8) is 0 Å². The van der Waals surface area contributed by atoms with Gasteiger partial charge < -0.3 is 24.6 Å². The summed E-state index contributed by atoms with van der Waals surface area (Å²) in [5.41, 5.74) is 0.443. The van der Waals surface area contributed by atoms with Crippen LogP contribution < -0.4 is 14.8 Å². The quantitative estimate of drug-likeness (QED) is 0.824. The van der Waals surface area contributed by atoms with Gasteiger partial charge in [0.1, 0.15) is 11.5 Å². The highest BCUT2D eigenvalue weighted by Gasteiger charge is 2.19. The van der Waals surface area contributed by atoms with Gasteiger partial charge in [-0.1, -0.05) is 0 Å². The zero-order valence-electron chi connectivity index (χ0n) is 14.5. The third-order valence-corrected chi connectivity index (χ3v) is 4.09. The van der Waals surface area contributed by atoms with E-state index in [1.807, 2.05) is 11.9 Å². The van der Waals surface area contributed by atoms with E-state index in [4.69, 9.17) is 9.47 Å². The number of benzene rings is 1. The summed E-state index contributed by atoms with van der Waals surface area (Å²) >= 11 is 0. The van der Waals surface area contributed by atoms with Crippen LogP contribution in [0.3, 0.4) is 0 Å². The molecule has 0 spiro atoms. The highest BCUT2D eigenvalue weighted by molar-refractivity contribution is 5.95. The van der Waals surface area contributed by atoms with Gasteiger partial charge in [0.15, 0.2) is 0 Å². The monoisotopic (exact) mass is 335 g/mol. The minimum Gasteiger partial charge on any atom is -0.497 e. The van der Waals surface area contributed by atoms with Crippen LogP contribution in [0.15, 0.2) is 18.2 Å². The zero-order chi connectivity index (χ0) is 17.5. The lowest BCUT2D eigenvalue weighted by atomic mass is 10.2. The van der Waals surface area contributed by atoms with Gasteiger partial charge in [-0.05, 0) is 19.2 Å². The average Bonchev–Trinajstić information content (AvgIpc) is 2.61. The van der Waals surface area contributed by atoms with Crippen LogP contribution in [0.4, 0.5) is 0 Å². The summed E-state index contributed by atoms with van der Waals surface area (Å²) in [6.45, 7) is 3.58. The Morgan fingerprint density at radius 1 is 1.04 bits per heavy atom. The number of hydrogen-bond acceptors (Lipinski definition) is 5. The van der Waals surface area contributed by atoms with Crippen molar-refractivity contribution in [2.45, 2.75) is 6.42 Å². The maximum atomic E-state index is 12.2. The van der Waals surface area contributed by atoms with Crippen LogP contribution in [-0.2, 0) is 4.79 Å². The van der Waals surface area contributed by atoms with E-state index in [1.165, 1.54) is 14.2 Å². The predicted molar refractivity (Wildman–Crippen MR) is 90.6 cm³/mol. The second-order valence-corrected chi connectivity index (χ2v) is 5.79. The molecule has 1 aliphatic heterocycles. The molecule has 1 fully saturated rings. The van der Waals surface area contributed by atoms with E-state index >= 15 is 0 Å². The molecule has 24 heavy (non-hydrogen) atoms. The molecule has 1 aromatic carbocycles. The number of amides is 2. The van der Waals surface area contributed by atoms with Crippen LogP contribution in [0, 0.1) is 0 Å². The first-order valence-corrected chi connectivity index (χ1v) is 8.01. The van der Waals surface area contributed by atoms with Crippen molar-refractivity contribution in [1.82, 2.24) is 15.1 Å². The second kappa shape index (κ2) is 8.54. The van der Waals surface area contributed by atoms with Gasteiger partial charge in [0.25, 0.3) is 5.91 Å². The molecule has 1 N–H and O–H groups in total. The number of ether oxygens (including phenoxy) is 2. The van der Waals surface area contributed by atoms with E-state index < -0.39 is 0 Å². The lowest BCUT2D eigenvalue weighted by molar-refractivity contribution is -0.132. The second-order valence-electron chi connectivity index (χ2n) is 5.79. The molecule has 0 aliphatic carbocycles. The van der Waals surface area contributed by atoms with E-state index in [-0.39, 0.29) is 11.8 Å². The first kappa shape index (κ1) is 18.1. The van der Waals surface area contributed by atoms with Crippen molar-refractivity contribution in [3.05, 3.63) is 23.8 Å². The molecule has 1 saturated heterocycles. The van der Waals surface area contributed by atoms with Gasteiger partial charge in [0, 0.05) is 50.8 Å². The number of likely N-dealkylation sites (N-methyl/N-ethyl adjacent to an activating group) is 1. The van der Waals surface area contributed by atoms with Crippen LogP contribution >= 0.6 is 0 Å². The first-order valence-electron chi connectivity index (χ1n) is 8.01. The Hall–Kier alpha value is -2.28. The van der Waals surface area contributed by atoms with Crippen LogP contribution in [0.5, 0.6) is 11.5 Å². The molecule has 1 heterocycles. The third kappa shape index (κ3) is 4.86. The Bertz CT molecular complexity index is 561. The van der Waals surface area contributed by atoms with Gasteiger partial charge in [0.05, 0.1) is 14.2 Å². The minimum atomic E-state index is -0.252. The van der Waals surface area contributed by atoms with Crippen molar-refractivity contribution in [2.75, 3.05) is 54.0 Å². The third-order valence-electron chi connectivity index (χ3n) is 4.09. The largest absolute Gasteiger partial charge is 0.497 e. The lowest BCUT2D eigenvalue weighted by Gasteiger charge is -2.32. The van der Waals surface area contributed by atoms with Gasteiger partial charge in [0.2, 0.25) is 5.91 Å². The number of piperazine rings is 1. The summed E-state index contributed by atoms with van der Waals surface area (Å²) < 4.78 is 10.3. The van der Waals surface area contributed by atoms with Gasteiger partial charge in [-0.15, -0.1) is 0 Å². The molecule has 132 valence electrons. The molecule has 7 nitrogen and oxygen atoms in total. The molecule has 0 radical (unpaired) electrons. The Balaban J connectivity index is 1.83. The standard InChI is InChI=1S/C17H25N3O4/c1-19-6-8-20(9-7-19)16(21)4-5-18-17(22)13-10-14(23-2)12-15(11-13)24-3/h10-12H,4-9H2,1-3H3,(H,18,22). The molecule has 2 amide bonds. The summed E-state index contributed by atoms with van der Waals surface area (Å²) in [6.07, 6.45) is 0.302. The number of nitrogens with one attached hydrogen (secondary N) is 1. The maximum absolute atomic E-state index is 12.2. The number of carbonyl (C=O) groups excluding carboxylic acids is 2. The van der Waals surface area contributed by atoms with Crippen LogP contribution in [0.25, 0.3) is 0 Å². The Kier molecular flexibility index (Phi) is 6.43. The van der Waals surface area contributed by atoms with Gasteiger partial charge in [-0.3, -0.25) is 9.59 Å². The maximum Gasteiger partial charge on any atom is 0.251 e. The van der Waals surface area contributed by atoms with Gasteiger partial charge >= 0.3 is 0 Å². The van der Waals surface area contributed by atoms with Crippen molar-refractivity contribution < 1.29 is 19.1 Å². The first-order chi connectivity index (χ1) is 11.5. The summed E-state index contributed by atoms with van der Waals surface area (Å²) in [6, 6.07) is 4.98. The van der Waals surface area contributed by atoms with E-state index in [1.54, 1.807) is 18.2 Å². The predicted octanol–water partition coefficient (Wildman–Crippen LogP) is 0.598. The molecule has 0 atom stereocenters. The smallest absolute Gasteiger partial charge is 0.251 e. The van der Waals surface area contributed by atoms with Crippen molar-refractivity contribution in [2.24, 2.45) is 0 Å². The van der Waals surface area contributed by atoms with Crippen LogP contribution in [0.1, 0.15) is 16.8 Å². The van der Waals surface area contributed by atoms with Crippen LogP contribution in [-0.4, -0.2) is 75.6 Å². The topological polar surface area (TPSA) is 71.1 Å². The molecule has 1 aliphatic rings. The minimum absolute atomic E-state index is 0.0756. The molecule has 2 rings (SSSR count). The van der Waals surface area contributed by atoms with Gasteiger partial charge in [-0.25, -0.2) is 0 Å². The molecule has 0 saturated carbocycles. The molecule has 1 aromatic rings. The zero-order valence-corrected chi connectivity index (χ0v) is 14.5. The molecular weight excluding hydrogens is 310 g/mol. The highest BCUT2D eigenvalue weighted by atomic mass is 16.5. The van der Waals surface area contributed by atoms with Crippen molar-refractivity contribution in [1.29, 1.82) is 0 Å². The van der Waals surface area contributed by atoms with E-state index in [9.17, 15) is 9.59 Å². The summed E-state index contributed by atoms with van der Waals surface area (Å²) in [7, 11) is 5.11. The lowest BCUT2D eigenvalue weighted by Crippen LogP contribution is -2.47. The highest BCUT2D eigenvalue weighted by Crippen LogP contribution is 2.22. The van der Waals surface area contributed by atoms with E-state index in [0.29, 0.717) is 30.0 Å². The number of nitrogens with zero attached hydrogens (tertiary/aromatic N) is 2. The fourth-order valence-corrected chi connectivity index (χ4v) is 2.54. The number of methoxy groups -OCH3 is 2. The van der Waals surface area contributed by atoms with Gasteiger partial charge in [-0.2, -0.15) is 0 Å². The number of carbonyl (C=O) groups is 2. The summed E-state index contributed by atoms with van der Waals surface area (Å²) in [4.78, 5) is 28.4. The number of rotatable bonds is 6. The fourth-order valence-electron chi connectivity index (χ4n) is 2.54. The molecular formula is C17H25N3O4. The number of hydrogen-bond donors (Lipinski definition) is 1. The van der Waals surface area contributed by atoms with Crippen molar-refractivity contribution in [3.8, 4) is 11.5 Å². The Morgan fingerprint density at radius 3 is 2.17 bits per heavy atom. The van der Waals surface area contributed by atoms with Crippen LogP contribution in [0.2, 0.25) is 0 Å². The van der Waals surface area contributed by atoms with E-state index in [0.717, 1.165) is 26.2 Å². The molecule has 7 heteroatoms. The normalized spacial score (nSPS) is 15.0. The molecule has 0 aromatic heterocycles. The Labute approximate surface area is 142 Å². The Morgan fingerprint density at radius 2 is 1.62 bits per heavy atom. The summed E-state index contributed by atoms with van der Waals surface area (Å²) in [5, 5.41) is 2.77. The fraction of sp³-hybridized carbons (Fsp3) is 0.529. The average molecular weight is 335 g/mol. The molecule has 0 unspecified atom stereocenters. The molecule has 0 bridgehead atoms. The van der Waals surface area contributed by atoms with Crippen molar-refractivity contribution >= 4 is 11.8 Å².